The van der Waals surface area contributed by atoms with Crippen molar-refractivity contribution >= 4 is 11.7 Å². The molecule has 5 nitrogen and oxygen atoms in total. The molecule has 1 saturated heterocycles. The Bertz CT molecular complexity index is 918. The number of anilines is 1. The zero-order chi connectivity index (χ0) is 22.2. The molecule has 7 rings (SSSR count). The second kappa shape index (κ2) is 9.25. The Morgan fingerprint density at radius 1 is 0.939 bits per heavy atom. The first-order valence-electron chi connectivity index (χ1n) is 13.3. The van der Waals surface area contributed by atoms with Crippen molar-refractivity contribution in [3.05, 3.63) is 48.2 Å². The molecule has 0 atom stereocenters. The Morgan fingerprint density at radius 3 is 2.33 bits per heavy atom. The number of carbonyl (C=O) groups excluding carboxylic acids is 1. The van der Waals surface area contributed by atoms with Crippen LogP contribution in [-0.2, 0) is 11.2 Å². The van der Waals surface area contributed by atoms with Crippen LogP contribution in [0.5, 0.6) is 0 Å². The summed E-state index contributed by atoms with van der Waals surface area (Å²) in [5, 5.41) is 7.75. The summed E-state index contributed by atoms with van der Waals surface area (Å²) in [6, 6.07) is 13.6. The van der Waals surface area contributed by atoms with E-state index in [4.69, 9.17) is 0 Å². The molecule has 176 valence electrons. The average Bonchev–Trinajstić information content (AvgIpc) is 3.27. The molecule has 2 aromatic rings. The van der Waals surface area contributed by atoms with Gasteiger partial charge in [-0.15, -0.1) is 0 Å². The van der Waals surface area contributed by atoms with Gasteiger partial charge in [0.15, 0.2) is 0 Å². The van der Waals surface area contributed by atoms with E-state index in [1.54, 1.807) is 0 Å². The van der Waals surface area contributed by atoms with Crippen LogP contribution in [0.3, 0.4) is 0 Å². The Balaban J connectivity index is 1.01. The number of hydrogen-bond donors (Lipinski definition) is 1. The molecular formula is C28H38N4O. The molecule has 0 unspecified atom stereocenters. The van der Waals surface area contributed by atoms with Crippen LogP contribution in [0.25, 0.3) is 0 Å². The molecule has 1 N–H and O–H groups in total. The van der Waals surface area contributed by atoms with E-state index in [1.807, 2.05) is 18.3 Å². The van der Waals surface area contributed by atoms with Crippen molar-refractivity contribution in [1.29, 1.82) is 0 Å². The van der Waals surface area contributed by atoms with Crippen molar-refractivity contribution in [2.24, 2.45) is 23.7 Å². The SMILES string of the molecule is O=C(CCCc1ccccc1)Nc1ccnn1C1CCN(C2C3CC4CC(C3)CC2C4)CC1. The Hall–Kier alpha value is -2.14. The summed E-state index contributed by atoms with van der Waals surface area (Å²) in [5.74, 6) is 4.99. The molecule has 33 heavy (non-hydrogen) atoms. The monoisotopic (exact) mass is 446 g/mol. The highest BCUT2D eigenvalue weighted by molar-refractivity contribution is 5.89. The first-order chi connectivity index (χ1) is 16.2. The first kappa shape index (κ1) is 21.4. The van der Waals surface area contributed by atoms with Gasteiger partial charge >= 0.3 is 0 Å². The minimum absolute atomic E-state index is 0.0960. The van der Waals surface area contributed by atoms with Crippen LogP contribution in [0.1, 0.15) is 69.4 Å². The molecule has 4 aliphatic carbocycles. The lowest BCUT2D eigenvalue weighted by molar-refractivity contribution is -0.116. The predicted octanol–water partition coefficient (Wildman–Crippen LogP) is 5.31. The second-order valence-electron chi connectivity index (χ2n) is 11.2. The highest BCUT2D eigenvalue weighted by Crippen LogP contribution is 2.55. The normalized spacial score (nSPS) is 31.7. The van der Waals surface area contributed by atoms with E-state index in [9.17, 15) is 4.79 Å². The second-order valence-corrected chi connectivity index (χ2v) is 11.2. The maximum atomic E-state index is 12.6. The summed E-state index contributed by atoms with van der Waals surface area (Å²) >= 11 is 0. The largest absolute Gasteiger partial charge is 0.311 e. The number of aryl methyl sites for hydroxylation is 1. The zero-order valence-electron chi connectivity index (χ0n) is 19.7. The fraction of sp³-hybridized carbons (Fsp3) is 0.643. The lowest BCUT2D eigenvalue weighted by atomic mass is 9.53. The molecule has 0 spiro atoms. The number of nitrogens with one attached hydrogen (secondary N) is 1. The smallest absolute Gasteiger partial charge is 0.225 e. The van der Waals surface area contributed by atoms with E-state index >= 15 is 0 Å². The number of piperidine rings is 1. The van der Waals surface area contributed by atoms with Crippen molar-refractivity contribution in [2.75, 3.05) is 18.4 Å². The maximum absolute atomic E-state index is 12.6. The summed E-state index contributed by atoms with van der Waals surface area (Å²) in [4.78, 5) is 15.4. The van der Waals surface area contributed by atoms with Gasteiger partial charge in [-0.1, -0.05) is 30.3 Å². The van der Waals surface area contributed by atoms with Gasteiger partial charge in [-0.3, -0.25) is 9.69 Å². The molecule has 0 radical (unpaired) electrons. The molecule has 1 aromatic heterocycles. The number of likely N-dealkylation sites (tertiary alicyclic amines) is 1. The number of hydrogen-bond acceptors (Lipinski definition) is 3. The minimum Gasteiger partial charge on any atom is -0.311 e. The summed E-state index contributed by atoms with van der Waals surface area (Å²) in [6.45, 7) is 2.37. The Labute approximate surface area is 197 Å². The van der Waals surface area contributed by atoms with Crippen LogP contribution in [0.15, 0.2) is 42.6 Å². The first-order valence-corrected chi connectivity index (χ1v) is 13.3. The van der Waals surface area contributed by atoms with Gasteiger partial charge in [0.1, 0.15) is 5.82 Å². The standard InChI is InChI=1S/C28H38N4O/c33-27(8-4-7-20-5-2-1-3-6-20)30-26-9-12-29-32(26)25-10-13-31(14-11-25)28-23-16-21-15-22(18-23)19-24(28)17-21/h1-3,5-6,9,12,21-25,28H,4,7-8,10-11,13-19H2,(H,30,33). The highest BCUT2D eigenvalue weighted by atomic mass is 16.1. The van der Waals surface area contributed by atoms with Crippen molar-refractivity contribution in [1.82, 2.24) is 14.7 Å². The molecule has 5 fully saturated rings. The average molecular weight is 447 g/mol. The van der Waals surface area contributed by atoms with Crippen LogP contribution in [0.2, 0.25) is 0 Å². The number of aromatic nitrogens is 2. The van der Waals surface area contributed by atoms with Crippen LogP contribution in [0.4, 0.5) is 5.82 Å². The van der Waals surface area contributed by atoms with Crippen molar-refractivity contribution in [2.45, 2.75) is 76.3 Å². The van der Waals surface area contributed by atoms with Gasteiger partial charge in [-0.2, -0.15) is 5.10 Å². The predicted molar refractivity (Wildman–Crippen MR) is 131 cm³/mol. The van der Waals surface area contributed by atoms with Gasteiger partial charge < -0.3 is 5.32 Å². The fourth-order valence-corrected chi connectivity index (χ4v) is 7.93. The third kappa shape index (κ3) is 4.49. The maximum Gasteiger partial charge on any atom is 0.225 e. The number of amides is 1. The third-order valence-corrected chi connectivity index (χ3v) is 9.09. The molecule has 1 aromatic carbocycles. The van der Waals surface area contributed by atoms with E-state index in [-0.39, 0.29) is 5.91 Å². The quantitative estimate of drug-likeness (QED) is 0.627. The highest BCUT2D eigenvalue weighted by Gasteiger charge is 2.50. The molecule has 5 aliphatic rings. The molecular weight excluding hydrogens is 408 g/mol. The minimum atomic E-state index is 0.0960. The van der Waals surface area contributed by atoms with Crippen LogP contribution >= 0.6 is 0 Å². The third-order valence-electron chi connectivity index (χ3n) is 9.09. The van der Waals surface area contributed by atoms with Gasteiger partial charge in [-0.25, -0.2) is 4.68 Å². The summed E-state index contributed by atoms with van der Waals surface area (Å²) in [7, 11) is 0. The molecule has 4 saturated carbocycles. The van der Waals surface area contributed by atoms with Crippen LogP contribution < -0.4 is 5.32 Å². The summed E-state index contributed by atoms with van der Waals surface area (Å²) in [5.41, 5.74) is 1.29. The number of nitrogens with zero attached hydrogens (tertiary/aromatic N) is 3. The van der Waals surface area contributed by atoms with Gasteiger partial charge in [0, 0.05) is 31.6 Å². The fourth-order valence-electron chi connectivity index (χ4n) is 7.93. The summed E-state index contributed by atoms with van der Waals surface area (Å²) in [6.07, 6.45) is 14.0. The lowest BCUT2D eigenvalue weighted by Gasteiger charge is -2.58. The van der Waals surface area contributed by atoms with E-state index in [2.05, 4.69) is 44.3 Å². The molecule has 2 heterocycles. The molecule has 1 amide bonds. The van der Waals surface area contributed by atoms with Crippen molar-refractivity contribution in [3.8, 4) is 0 Å². The van der Waals surface area contributed by atoms with Crippen molar-refractivity contribution < 1.29 is 4.79 Å². The number of benzene rings is 1. The van der Waals surface area contributed by atoms with E-state index in [0.717, 1.165) is 61.2 Å². The van der Waals surface area contributed by atoms with E-state index < -0.39 is 0 Å². The lowest BCUT2D eigenvalue weighted by Crippen LogP contribution is -2.57. The molecule has 1 aliphatic heterocycles. The Kier molecular flexibility index (Phi) is 6.00. The van der Waals surface area contributed by atoms with Gasteiger partial charge in [0.25, 0.3) is 0 Å². The zero-order valence-corrected chi connectivity index (χ0v) is 19.7. The van der Waals surface area contributed by atoms with Crippen LogP contribution in [-0.4, -0.2) is 39.7 Å². The van der Waals surface area contributed by atoms with E-state index in [0.29, 0.717) is 12.5 Å². The Morgan fingerprint density at radius 2 is 1.64 bits per heavy atom. The number of carbonyl (C=O) groups is 1. The molecule has 5 heteroatoms. The molecule has 4 bridgehead atoms. The van der Waals surface area contributed by atoms with Gasteiger partial charge in [0.2, 0.25) is 5.91 Å². The van der Waals surface area contributed by atoms with E-state index in [1.165, 1.54) is 50.8 Å². The number of rotatable bonds is 7. The van der Waals surface area contributed by atoms with Crippen LogP contribution in [0, 0.1) is 23.7 Å². The van der Waals surface area contributed by atoms with Gasteiger partial charge in [0.05, 0.1) is 12.2 Å². The topological polar surface area (TPSA) is 50.2 Å². The van der Waals surface area contributed by atoms with Crippen molar-refractivity contribution in [3.63, 3.8) is 0 Å². The van der Waals surface area contributed by atoms with Gasteiger partial charge in [-0.05, 0) is 87.0 Å². The summed E-state index contributed by atoms with van der Waals surface area (Å²) < 4.78 is 2.09.